The van der Waals surface area contributed by atoms with Crippen LogP contribution in [0.2, 0.25) is 0 Å². The Morgan fingerprint density at radius 1 is 1.06 bits per heavy atom. The fourth-order valence-corrected chi connectivity index (χ4v) is 4.23. The predicted molar refractivity (Wildman–Crippen MR) is 135 cm³/mol. The average Bonchev–Trinajstić information content (AvgIpc) is 3.13. The van der Waals surface area contributed by atoms with E-state index in [-0.39, 0.29) is 28.2 Å². The van der Waals surface area contributed by atoms with E-state index in [1.807, 2.05) is 37.3 Å². The number of halogens is 3. The third kappa shape index (κ3) is 6.33. The zero-order valence-electron chi connectivity index (χ0n) is 19.0. The third-order valence-corrected chi connectivity index (χ3v) is 5.85. The van der Waals surface area contributed by atoms with Crippen LogP contribution in [0.3, 0.4) is 0 Å². The molecule has 4 rings (SSSR count). The van der Waals surface area contributed by atoms with Gasteiger partial charge < -0.3 is 10.1 Å². The number of amidine groups is 1. The number of thioether (sulfide) groups is 1. The maximum absolute atomic E-state index is 13.2. The van der Waals surface area contributed by atoms with Crippen LogP contribution in [0, 0.1) is 6.92 Å². The molecule has 3 aromatic carbocycles. The van der Waals surface area contributed by atoms with Crippen molar-refractivity contribution in [2.24, 2.45) is 4.99 Å². The number of ether oxygens (including phenoxy) is 1. The van der Waals surface area contributed by atoms with Crippen LogP contribution in [0.15, 0.2) is 89.6 Å². The molecule has 2 amide bonds. The van der Waals surface area contributed by atoms with Crippen LogP contribution in [-0.4, -0.2) is 29.1 Å². The number of aliphatic imine (C=N–C) groups is 1. The van der Waals surface area contributed by atoms with Crippen LogP contribution in [-0.2, 0) is 9.59 Å². The Labute approximate surface area is 209 Å². The number of amides is 2. The summed E-state index contributed by atoms with van der Waals surface area (Å²) in [4.78, 5) is 31.7. The number of rotatable bonds is 6. The summed E-state index contributed by atoms with van der Waals surface area (Å²) in [5.74, 6) is -1.66. The van der Waals surface area contributed by atoms with E-state index in [1.54, 1.807) is 30.3 Å². The van der Waals surface area contributed by atoms with Gasteiger partial charge in [0, 0.05) is 0 Å². The van der Waals surface area contributed by atoms with E-state index in [9.17, 15) is 22.8 Å². The maximum atomic E-state index is 13.2. The standard InChI is InChI=1S/C26H20F3N3O3S/c1-17-8-7-9-18(14-17)15-21-24(34)32(19-10-3-2-4-11-19)25(31-21)36-16-23(33)30-20-12-5-6-13-22(20)35-26(27,28)29/h2-15H,16H2,1H3,(H,30,33). The van der Waals surface area contributed by atoms with Gasteiger partial charge in [-0.25, -0.2) is 4.99 Å². The van der Waals surface area contributed by atoms with Gasteiger partial charge in [-0.1, -0.05) is 71.9 Å². The Morgan fingerprint density at radius 3 is 2.50 bits per heavy atom. The normalized spacial score (nSPS) is 14.7. The van der Waals surface area contributed by atoms with Crippen LogP contribution < -0.4 is 15.0 Å². The molecule has 0 aromatic heterocycles. The molecule has 0 bridgehead atoms. The number of hydrogen-bond acceptors (Lipinski definition) is 5. The van der Waals surface area contributed by atoms with Gasteiger partial charge >= 0.3 is 6.36 Å². The highest BCUT2D eigenvalue weighted by Gasteiger charge is 2.33. The minimum absolute atomic E-state index is 0.121. The van der Waals surface area contributed by atoms with Crippen molar-refractivity contribution >= 4 is 46.2 Å². The summed E-state index contributed by atoms with van der Waals surface area (Å²) in [5.41, 5.74) is 2.49. The predicted octanol–water partition coefficient (Wildman–Crippen LogP) is 6.01. The highest BCUT2D eigenvalue weighted by molar-refractivity contribution is 8.14. The highest BCUT2D eigenvalue weighted by Crippen LogP contribution is 2.31. The molecule has 36 heavy (non-hydrogen) atoms. The number of para-hydroxylation sites is 3. The quantitative estimate of drug-likeness (QED) is 0.412. The SMILES string of the molecule is Cc1cccc(C=C2N=C(SCC(=O)Nc3ccccc3OC(F)(F)F)N(c3ccccc3)C2=O)c1. The monoisotopic (exact) mass is 511 g/mol. The number of nitrogens with one attached hydrogen (secondary N) is 1. The van der Waals surface area contributed by atoms with Crippen LogP contribution >= 0.6 is 11.8 Å². The largest absolute Gasteiger partial charge is 0.573 e. The van der Waals surface area contributed by atoms with Crippen molar-refractivity contribution in [3.05, 3.63) is 95.7 Å². The van der Waals surface area contributed by atoms with E-state index in [0.717, 1.165) is 29.0 Å². The molecule has 0 fully saturated rings. The summed E-state index contributed by atoms with van der Waals surface area (Å²) in [6.07, 6.45) is -3.23. The first kappa shape index (κ1) is 25.1. The molecule has 0 saturated carbocycles. The lowest BCUT2D eigenvalue weighted by Crippen LogP contribution is -2.31. The van der Waals surface area contributed by atoms with E-state index >= 15 is 0 Å². The summed E-state index contributed by atoms with van der Waals surface area (Å²) in [7, 11) is 0. The van der Waals surface area contributed by atoms with Gasteiger partial charge in [-0.2, -0.15) is 0 Å². The van der Waals surface area contributed by atoms with Gasteiger partial charge in [0.15, 0.2) is 10.9 Å². The second-order valence-electron chi connectivity index (χ2n) is 7.70. The van der Waals surface area contributed by atoms with E-state index in [2.05, 4.69) is 15.0 Å². The second-order valence-corrected chi connectivity index (χ2v) is 8.64. The Balaban J connectivity index is 1.54. The van der Waals surface area contributed by atoms with Crippen molar-refractivity contribution in [2.45, 2.75) is 13.3 Å². The fourth-order valence-electron chi connectivity index (χ4n) is 3.42. The Morgan fingerprint density at radius 2 is 1.78 bits per heavy atom. The minimum Gasteiger partial charge on any atom is -0.404 e. The minimum atomic E-state index is -4.90. The van der Waals surface area contributed by atoms with Crippen LogP contribution in [0.5, 0.6) is 5.75 Å². The first-order chi connectivity index (χ1) is 17.2. The summed E-state index contributed by atoms with van der Waals surface area (Å²) < 4.78 is 42.0. The second kappa shape index (κ2) is 10.7. The fraction of sp³-hybridized carbons (Fsp3) is 0.115. The van der Waals surface area contributed by atoms with Crippen molar-refractivity contribution in [2.75, 3.05) is 16.0 Å². The summed E-state index contributed by atoms with van der Waals surface area (Å²) in [6, 6.07) is 21.7. The first-order valence-electron chi connectivity index (χ1n) is 10.7. The molecule has 3 aromatic rings. The number of hydrogen-bond donors (Lipinski definition) is 1. The lowest BCUT2D eigenvalue weighted by atomic mass is 10.1. The van der Waals surface area contributed by atoms with Crippen LogP contribution in [0.25, 0.3) is 6.08 Å². The highest BCUT2D eigenvalue weighted by atomic mass is 32.2. The molecule has 1 heterocycles. The molecule has 1 aliphatic rings. The smallest absolute Gasteiger partial charge is 0.404 e. The number of alkyl halides is 3. The first-order valence-corrected chi connectivity index (χ1v) is 11.7. The van der Waals surface area contributed by atoms with E-state index in [1.165, 1.54) is 23.1 Å². The maximum Gasteiger partial charge on any atom is 0.573 e. The lowest BCUT2D eigenvalue weighted by molar-refractivity contribution is -0.274. The summed E-state index contributed by atoms with van der Waals surface area (Å²) in [5, 5.41) is 2.70. The van der Waals surface area contributed by atoms with Crippen LogP contribution in [0.1, 0.15) is 11.1 Å². The number of anilines is 2. The van der Waals surface area contributed by atoms with Crippen molar-refractivity contribution in [3.63, 3.8) is 0 Å². The number of nitrogens with zero attached hydrogens (tertiary/aromatic N) is 2. The molecular weight excluding hydrogens is 491 g/mol. The van der Waals surface area contributed by atoms with Gasteiger partial charge in [0.1, 0.15) is 5.70 Å². The van der Waals surface area contributed by atoms with Gasteiger partial charge in [-0.15, -0.1) is 13.2 Å². The Hall–Kier alpha value is -4.05. The molecule has 0 aliphatic carbocycles. The Kier molecular flexibility index (Phi) is 7.44. The molecule has 0 spiro atoms. The van der Waals surface area contributed by atoms with Crippen LogP contribution in [0.4, 0.5) is 24.5 Å². The number of benzene rings is 3. The number of carbonyl (C=O) groups is 2. The zero-order chi connectivity index (χ0) is 25.7. The third-order valence-electron chi connectivity index (χ3n) is 4.91. The van der Waals surface area contributed by atoms with Gasteiger partial charge in [0.05, 0.1) is 17.1 Å². The molecular formula is C26H20F3N3O3S. The van der Waals surface area contributed by atoms with Gasteiger partial charge in [0.2, 0.25) is 5.91 Å². The summed E-state index contributed by atoms with van der Waals surface area (Å²) in [6.45, 7) is 1.94. The van der Waals surface area contributed by atoms with E-state index in [4.69, 9.17) is 0 Å². The van der Waals surface area contributed by atoms with Gasteiger partial charge in [-0.05, 0) is 42.8 Å². The molecule has 1 N–H and O–H groups in total. The van der Waals surface area contributed by atoms with Crippen molar-refractivity contribution < 1.29 is 27.5 Å². The van der Waals surface area contributed by atoms with Crippen molar-refractivity contribution in [1.82, 2.24) is 0 Å². The average molecular weight is 512 g/mol. The lowest BCUT2D eigenvalue weighted by Gasteiger charge is -2.18. The molecule has 1 aliphatic heterocycles. The topological polar surface area (TPSA) is 71.0 Å². The van der Waals surface area contributed by atoms with Gasteiger partial charge in [0.25, 0.3) is 5.91 Å². The molecule has 184 valence electrons. The molecule has 0 atom stereocenters. The van der Waals surface area contributed by atoms with Gasteiger partial charge in [-0.3, -0.25) is 14.5 Å². The summed E-state index contributed by atoms with van der Waals surface area (Å²) >= 11 is 0.994. The van der Waals surface area contributed by atoms with E-state index in [0.29, 0.717) is 5.69 Å². The van der Waals surface area contributed by atoms with Crippen molar-refractivity contribution in [3.8, 4) is 5.75 Å². The molecule has 10 heteroatoms. The zero-order valence-corrected chi connectivity index (χ0v) is 19.8. The molecule has 0 unspecified atom stereocenters. The van der Waals surface area contributed by atoms with E-state index < -0.39 is 18.0 Å². The molecule has 6 nitrogen and oxygen atoms in total. The number of aryl methyl sites for hydroxylation is 1. The number of carbonyl (C=O) groups excluding carboxylic acids is 2. The van der Waals surface area contributed by atoms with Crippen molar-refractivity contribution in [1.29, 1.82) is 0 Å². The molecule has 0 saturated heterocycles. The molecule has 0 radical (unpaired) electrons. The Bertz CT molecular complexity index is 1340.